The fourth-order valence-corrected chi connectivity index (χ4v) is 3.09. The van der Waals surface area contributed by atoms with Crippen LogP contribution in [0.3, 0.4) is 0 Å². The predicted octanol–water partition coefficient (Wildman–Crippen LogP) is 2.31. The second kappa shape index (κ2) is 6.89. The van der Waals surface area contributed by atoms with E-state index in [0.717, 1.165) is 18.5 Å². The van der Waals surface area contributed by atoms with Crippen molar-refractivity contribution in [1.29, 1.82) is 0 Å². The van der Waals surface area contributed by atoms with E-state index < -0.39 is 10.0 Å². The first-order valence-corrected chi connectivity index (χ1v) is 8.79. The van der Waals surface area contributed by atoms with Gasteiger partial charge >= 0.3 is 0 Å². The van der Waals surface area contributed by atoms with Crippen LogP contribution in [0.4, 0.5) is 5.69 Å². The number of hydrogen-bond donors (Lipinski definition) is 3. The lowest BCUT2D eigenvalue weighted by Gasteiger charge is -2.30. The monoisotopic (exact) mass is 364 g/mol. The number of benzene rings is 1. The highest BCUT2D eigenvalue weighted by atomic mass is 79.9. The molecule has 0 fully saturated rings. The quantitative estimate of drug-likeness (QED) is 0.691. The topological polar surface area (TPSA) is 92.4 Å². The number of sulfonamides is 1. The van der Waals surface area contributed by atoms with Crippen LogP contribution in [0.5, 0.6) is 0 Å². The number of anilines is 1. The van der Waals surface area contributed by atoms with Crippen LogP contribution < -0.4 is 10.5 Å². The molecular formula is C13H21BrN2O3S. The highest BCUT2D eigenvalue weighted by Crippen LogP contribution is 2.29. The summed E-state index contributed by atoms with van der Waals surface area (Å²) in [5, 5.41) is 17.9. The molecule has 4 N–H and O–H groups in total. The van der Waals surface area contributed by atoms with E-state index >= 15 is 0 Å². The lowest BCUT2D eigenvalue weighted by Crippen LogP contribution is -2.32. The largest absolute Gasteiger partial charge is 0.396 e. The Labute approximate surface area is 128 Å². The summed E-state index contributed by atoms with van der Waals surface area (Å²) in [6.45, 7) is 4.81. The normalized spacial score (nSPS) is 12.4. The number of rotatable bonds is 7. The number of aliphatic hydroxyl groups is 1. The lowest BCUT2D eigenvalue weighted by molar-refractivity contribution is 0.127. The molecule has 7 heteroatoms. The molecule has 5 nitrogen and oxygen atoms in total. The fourth-order valence-electron chi connectivity index (χ4n) is 1.88. The molecule has 0 heterocycles. The minimum atomic E-state index is -3.70. The van der Waals surface area contributed by atoms with Crippen molar-refractivity contribution in [2.75, 3.05) is 18.5 Å². The van der Waals surface area contributed by atoms with E-state index in [2.05, 4.69) is 21.2 Å². The first kappa shape index (κ1) is 17.4. The van der Waals surface area contributed by atoms with Crippen molar-refractivity contribution >= 4 is 31.6 Å². The van der Waals surface area contributed by atoms with E-state index in [9.17, 15) is 13.5 Å². The highest BCUT2D eigenvalue weighted by molar-refractivity contribution is 9.10. The van der Waals surface area contributed by atoms with Gasteiger partial charge in [-0.15, -0.1) is 0 Å². The fraction of sp³-hybridized carbons (Fsp3) is 0.538. The Balaban J connectivity index is 2.90. The minimum Gasteiger partial charge on any atom is -0.396 e. The number of nitrogens with one attached hydrogen (secondary N) is 1. The van der Waals surface area contributed by atoms with Crippen molar-refractivity contribution in [2.45, 2.75) is 31.6 Å². The van der Waals surface area contributed by atoms with Crippen LogP contribution in [0.25, 0.3) is 0 Å². The second-order valence-corrected chi connectivity index (χ2v) is 7.32. The molecule has 114 valence electrons. The van der Waals surface area contributed by atoms with Crippen LogP contribution in [0, 0.1) is 5.41 Å². The summed E-state index contributed by atoms with van der Waals surface area (Å²) < 4.78 is 23.1. The third kappa shape index (κ3) is 4.18. The molecule has 0 aliphatic rings. The molecular weight excluding hydrogens is 344 g/mol. The Morgan fingerprint density at radius 3 is 2.35 bits per heavy atom. The van der Waals surface area contributed by atoms with Crippen molar-refractivity contribution < 1.29 is 13.5 Å². The summed E-state index contributed by atoms with van der Waals surface area (Å²) in [7, 11) is -3.70. The van der Waals surface area contributed by atoms with Gasteiger partial charge in [-0.2, -0.15) is 0 Å². The number of aliphatic hydroxyl groups excluding tert-OH is 1. The molecule has 1 aromatic carbocycles. The lowest BCUT2D eigenvalue weighted by atomic mass is 9.83. The third-order valence-electron chi connectivity index (χ3n) is 3.76. The Morgan fingerprint density at radius 1 is 1.35 bits per heavy atom. The molecule has 0 saturated heterocycles. The van der Waals surface area contributed by atoms with Crippen molar-refractivity contribution in [3.05, 3.63) is 22.7 Å². The van der Waals surface area contributed by atoms with Gasteiger partial charge < -0.3 is 10.4 Å². The van der Waals surface area contributed by atoms with Gasteiger partial charge in [0.1, 0.15) is 0 Å². The molecule has 0 aliphatic carbocycles. The van der Waals surface area contributed by atoms with Crippen molar-refractivity contribution in [3.63, 3.8) is 0 Å². The van der Waals surface area contributed by atoms with Gasteiger partial charge in [0.05, 0.1) is 11.5 Å². The predicted molar refractivity (Wildman–Crippen MR) is 84.1 cm³/mol. The first-order chi connectivity index (χ1) is 9.28. The zero-order valence-electron chi connectivity index (χ0n) is 11.7. The summed E-state index contributed by atoms with van der Waals surface area (Å²) >= 11 is 3.33. The molecule has 0 aromatic heterocycles. The maximum absolute atomic E-state index is 11.3. The molecule has 0 unspecified atom stereocenters. The van der Waals surface area contributed by atoms with Crippen LogP contribution in [0.15, 0.2) is 27.6 Å². The second-order valence-electron chi connectivity index (χ2n) is 4.91. The Bertz CT molecular complexity index is 548. The maximum Gasteiger partial charge on any atom is 0.238 e. The molecule has 20 heavy (non-hydrogen) atoms. The Morgan fingerprint density at radius 2 is 1.95 bits per heavy atom. The van der Waals surface area contributed by atoms with Gasteiger partial charge in [0.15, 0.2) is 0 Å². The zero-order chi connectivity index (χ0) is 15.4. The standard InChI is InChI=1S/C13H21BrN2O3S/c1-3-13(4-2,9-17)8-16-12-6-5-10(7-11(12)14)20(15,18)19/h5-7,16-17H,3-4,8-9H2,1-2H3,(H2,15,18,19). The maximum atomic E-state index is 11.3. The molecule has 0 amide bonds. The van der Waals surface area contributed by atoms with Gasteiger partial charge in [-0.3, -0.25) is 0 Å². The van der Waals surface area contributed by atoms with Crippen molar-refractivity contribution in [1.82, 2.24) is 0 Å². The molecule has 0 radical (unpaired) electrons. The number of halogens is 1. The minimum absolute atomic E-state index is 0.0642. The van der Waals surface area contributed by atoms with Crippen molar-refractivity contribution in [2.24, 2.45) is 10.6 Å². The molecule has 0 bridgehead atoms. The van der Waals surface area contributed by atoms with Gasteiger partial charge in [-0.1, -0.05) is 13.8 Å². The SMILES string of the molecule is CCC(CC)(CO)CNc1ccc(S(N)(=O)=O)cc1Br. The summed E-state index contributed by atoms with van der Waals surface area (Å²) in [5.41, 5.74) is 0.607. The zero-order valence-corrected chi connectivity index (χ0v) is 14.1. The number of primary sulfonamides is 1. The summed E-state index contributed by atoms with van der Waals surface area (Å²) in [5.74, 6) is 0. The van der Waals surface area contributed by atoms with Crippen LogP contribution in [0.1, 0.15) is 26.7 Å². The van der Waals surface area contributed by atoms with Crippen LogP contribution in [0.2, 0.25) is 0 Å². The molecule has 1 rings (SSSR count). The van der Waals surface area contributed by atoms with E-state index in [1.165, 1.54) is 12.1 Å². The van der Waals surface area contributed by atoms with E-state index in [-0.39, 0.29) is 16.9 Å². The molecule has 0 saturated carbocycles. The number of hydrogen-bond acceptors (Lipinski definition) is 4. The average Bonchev–Trinajstić information content (AvgIpc) is 2.41. The van der Waals surface area contributed by atoms with Crippen molar-refractivity contribution in [3.8, 4) is 0 Å². The van der Waals surface area contributed by atoms with E-state index in [4.69, 9.17) is 5.14 Å². The highest BCUT2D eigenvalue weighted by Gasteiger charge is 2.25. The number of nitrogens with two attached hydrogens (primary N) is 1. The third-order valence-corrected chi connectivity index (χ3v) is 5.33. The molecule has 0 atom stereocenters. The average molecular weight is 365 g/mol. The Kier molecular flexibility index (Phi) is 6.00. The van der Waals surface area contributed by atoms with Gasteiger partial charge in [0, 0.05) is 22.1 Å². The van der Waals surface area contributed by atoms with Gasteiger partial charge in [0.25, 0.3) is 0 Å². The van der Waals surface area contributed by atoms with Gasteiger partial charge in [0.2, 0.25) is 10.0 Å². The molecule has 0 aliphatic heterocycles. The summed E-state index contributed by atoms with van der Waals surface area (Å²) in [6, 6.07) is 4.59. The van der Waals surface area contributed by atoms with E-state index in [1.807, 2.05) is 13.8 Å². The van der Waals surface area contributed by atoms with E-state index in [1.54, 1.807) is 6.07 Å². The molecule has 0 spiro atoms. The van der Waals surface area contributed by atoms with Gasteiger partial charge in [-0.05, 0) is 47.0 Å². The molecule has 1 aromatic rings. The summed E-state index contributed by atoms with van der Waals surface area (Å²) in [6.07, 6.45) is 1.72. The Hall–Kier alpha value is -0.630. The van der Waals surface area contributed by atoms with Crippen LogP contribution in [-0.4, -0.2) is 26.7 Å². The first-order valence-electron chi connectivity index (χ1n) is 6.45. The van der Waals surface area contributed by atoms with Crippen LogP contribution in [-0.2, 0) is 10.0 Å². The smallest absolute Gasteiger partial charge is 0.238 e. The van der Waals surface area contributed by atoms with Gasteiger partial charge in [-0.25, -0.2) is 13.6 Å². The van der Waals surface area contributed by atoms with E-state index in [0.29, 0.717) is 11.0 Å². The summed E-state index contributed by atoms with van der Waals surface area (Å²) in [4.78, 5) is 0.0642. The van der Waals surface area contributed by atoms with Crippen LogP contribution >= 0.6 is 15.9 Å².